The summed E-state index contributed by atoms with van der Waals surface area (Å²) < 4.78 is 89.1. The zero-order chi connectivity index (χ0) is 33.8. The van der Waals surface area contributed by atoms with Crippen molar-refractivity contribution in [1.82, 2.24) is 24.1 Å². The molecule has 1 aliphatic heterocycles. The van der Waals surface area contributed by atoms with E-state index in [1.807, 2.05) is 6.92 Å². The third-order valence-corrected chi connectivity index (χ3v) is 10.8. The number of carbonyl (C=O) groups is 1. The van der Waals surface area contributed by atoms with Gasteiger partial charge in [-0.05, 0) is 92.4 Å². The van der Waals surface area contributed by atoms with Gasteiger partial charge in [-0.15, -0.1) is 5.10 Å². The average Bonchev–Trinajstić information content (AvgIpc) is 3.28. The van der Waals surface area contributed by atoms with Gasteiger partial charge in [-0.3, -0.25) is 4.79 Å². The van der Waals surface area contributed by atoms with Crippen molar-refractivity contribution < 1.29 is 38.5 Å². The summed E-state index contributed by atoms with van der Waals surface area (Å²) in [6.45, 7) is 7.35. The normalized spacial score (nSPS) is 26.6. The number of likely N-dealkylation sites (tertiary alicyclic amines) is 1. The number of rotatable bonds is 5. The predicted molar refractivity (Wildman–Crippen MR) is 161 cm³/mol. The minimum absolute atomic E-state index is 0.0468. The Kier molecular flexibility index (Phi) is 7.00. The SMILES string of the molecule is C[C@H]1C[C@@H]2CCN(C(=O)OC(C)(C)C)[C@H]3CC[C@@]23c2c1n(CC(O)Nc1ccc(S(F)(F)(F)(F)F)cc1F)c1nc(Br)nn1c2=O. The number of amides is 1. The van der Waals surface area contributed by atoms with Gasteiger partial charge in [0, 0.05) is 29.3 Å². The number of ether oxygens (including phenoxy) is 1. The van der Waals surface area contributed by atoms with E-state index in [1.54, 1.807) is 30.2 Å². The third kappa shape index (κ3) is 5.42. The number of halogens is 7. The number of aliphatic hydroxyl groups is 1. The minimum atomic E-state index is -10.1. The van der Waals surface area contributed by atoms with E-state index in [0.29, 0.717) is 49.6 Å². The lowest BCUT2D eigenvalue weighted by Gasteiger charge is -2.63. The van der Waals surface area contributed by atoms with Gasteiger partial charge in [0.1, 0.15) is 22.5 Å². The van der Waals surface area contributed by atoms with Crippen LogP contribution in [0.4, 0.5) is 34.3 Å². The molecule has 1 amide bonds. The van der Waals surface area contributed by atoms with Crippen molar-refractivity contribution in [2.75, 3.05) is 11.9 Å². The van der Waals surface area contributed by atoms with Crippen LogP contribution in [0.25, 0.3) is 5.78 Å². The highest BCUT2D eigenvalue weighted by Gasteiger charge is 2.66. The van der Waals surface area contributed by atoms with Crippen LogP contribution in [-0.2, 0) is 16.7 Å². The van der Waals surface area contributed by atoms with Crippen LogP contribution in [0, 0.1) is 11.7 Å². The fourth-order valence-electron chi connectivity index (χ4n) is 7.53. The molecular weight excluding hydrogens is 710 g/mol. The number of hydrogen-bond donors (Lipinski definition) is 2. The molecule has 1 unspecified atom stereocenters. The highest BCUT2D eigenvalue weighted by Crippen LogP contribution is 3.02. The fraction of sp³-hybridized carbons (Fsp3) is 0.571. The topological polar surface area (TPSA) is 114 Å². The molecule has 1 aromatic carbocycles. The first-order chi connectivity index (χ1) is 21.0. The van der Waals surface area contributed by atoms with Crippen LogP contribution in [0.3, 0.4) is 0 Å². The summed E-state index contributed by atoms with van der Waals surface area (Å²) in [4.78, 5) is 31.1. The Balaban J connectivity index is 1.41. The second-order valence-electron chi connectivity index (χ2n) is 13.4. The Hall–Kier alpha value is -2.99. The number of piperidine rings is 1. The van der Waals surface area contributed by atoms with Crippen LogP contribution in [0.5, 0.6) is 0 Å². The molecule has 3 aromatic rings. The summed E-state index contributed by atoms with van der Waals surface area (Å²) in [6, 6.07) is -0.118. The molecule has 18 heteroatoms. The zero-order valence-electron chi connectivity index (χ0n) is 25.2. The van der Waals surface area contributed by atoms with Crippen LogP contribution in [-0.4, -0.2) is 59.7 Å². The summed E-state index contributed by atoms with van der Waals surface area (Å²) in [5, 5.41) is 17.6. The monoisotopic (exact) mass is 742 g/mol. The first-order valence-corrected chi connectivity index (χ1v) is 17.4. The van der Waals surface area contributed by atoms with Gasteiger partial charge in [0.05, 0.1) is 12.2 Å². The van der Waals surface area contributed by atoms with E-state index in [2.05, 4.69) is 31.3 Å². The largest absolute Gasteiger partial charge is 0.444 e. The second kappa shape index (κ2) is 9.78. The maximum Gasteiger partial charge on any atom is 0.410 e. The maximum absolute atomic E-state index is 14.6. The fourth-order valence-corrected chi connectivity index (χ4v) is 8.50. The number of nitrogens with one attached hydrogen (secondary N) is 1. The van der Waals surface area contributed by atoms with E-state index in [-0.39, 0.29) is 47.1 Å². The summed E-state index contributed by atoms with van der Waals surface area (Å²) in [5.74, 6) is -1.76. The predicted octanol–water partition coefficient (Wildman–Crippen LogP) is 7.04. The quantitative estimate of drug-likeness (QED) is 0.213. The molecule has 5 atom stereocenters. The number of fused-ring (bicyclic) bond motifs is 2. The molecule has 2 fully saturated rings. The molecule has 2 aromatic heterocycles. The Morgan fingerprint density at radius 3 is 2.52 bits per heavy atom. The Morgan fingerprint density at radius 1 is 1.24 bits per heavy atom. The number of nitrogens with zero attached hydrogens (tertiary/aromatic N) is 5. The molecule has 1 saturated heterocycles. The van der Waals surface area contributed by atoms with Crippen LogP contribution in [0.15, 0.2) is 32.6 Å². The summed E-state index contributed by atoms with van der Waals surface area (Å²) in [5.41, 5.74) is -1.54. The summed E-state index contributed by atoms with van der Waals surface area (Å²) >= 11 is 3.20. The van der Waals surface area contributed by atoms with Crippen LogP contribution < -0.4 is 10.9 Å². The standard InChI is InChI=1S/C28H33BrF6N6O4S/c1-14-11-15-8-10-39(26(44)45-27(2,3)4)19-7-9-28(15,19)21-22(14)40(25-37-24(29)38-41(25)23(21)43)13-20(42)36-18-6-5-16(12-17(18)30)46(31,32,33,34)35/h5-6,12,14-15,19-20,36,42H,7-11,13H2,1-4H3/t14-,15-,19-,20?,28+/m0/s1. The van der Waals surface area contributed by atoms with Gasteiger partial charge in [0.25, 0.3) is 5.56 Å². The molecule has 2 N–H and O–H groups in total. The number of hydrogen-bond acceptors (Lipinski definition) is 7. The van der Waals surface area contributed by atoms with E-state index in [9.17, 15) is 38.5 Å². The van der Waals surface area contributed by atoms with Crippen molar-refractivity contribution in [3.8, 4) is 0 Å². The number of aromatic nitrogens is 4. The molecule has 0 bridgehead atoms. The summed E-state index contributed by atoms with van der Waals surface area (Å²) in [6.07, 6.45) is 0.401. The van der Waals surface area contributed by atoms with E-state index in [0.717, 1.165) is 4.52 Å². The van der Waals surface area contributed by atoms with Crippen molar-refractivity contribution in [3.05, 3.63) is 50.4 Å². The molecule has 2 aliphatic carbocycles. The van der Waals surface area contributed by atoms with Crippen molar-refractivity contribution in [2.45, 2.75) is 94.0 Å². The van der Waals surface area contributed by atoms with Gasteiger partial charge < -0.3 is 24.6 Å². The number of benzene rings is 1. The first kappa shape index (κ1) is 32.9. The Morgan fingerprint density at radius 2 is 1.93 bits per heavy atom. The van der Waals surface area contributed by atoms with Crippen LogP contribution >= 0.6 is 26.2 Å². The molecule has 1 spiro atoms. The Labute approximate surface area is 268 Å². The van der Waals surface area contributed by atoms with Gasteiger partial charge in [0.2, 0.25) is 10.5 Å². The number of anilines is 1. The highest BCUT2D eigenvalue weighted by atomic mass is 79.9. The molecule has 6 rings (SSSR count). The van der Waals surface area contributed by atoms with Gasteiger partial charge in [-0.2, -0.15) is 9.50 Å². The highest BCUT2D eigenvalue weighted by molar-refractivity contribution is 9.10. The van der Waals surface area contributed by atoms with Crippen LogP contribution in [0.2, 0.25) is 0 Å². The van der Waals surface area contributed by atoms with Gasteiger partial charge >= 0.3 is 16.3 Å². The minimum Gasteiger partial charge on any atom is -0.444 e. The van der Waals surface area contributed by atoms with Gasteiger partial charge in [-0.25, -0.2) is 9.18 Å². The summed E-state index contributed by atoms with van der Waals surface area (Å²) in [7, 11) is -10.1. The smallest absolute Gasteiger partial charge is 0.410 e. The molecular formula is C28H33BrF6N6O4S. The van der Waals surface area contributed by atoms with E-state index in [1.165, 1.54) is 0 Å². The van der Waals surface area contributed by atoms with Crippen molar-refractivity contribution in [2.24, 2.45) is 5.92 Å². The molecule has 1 saturated carbocycles. The lowest BCUT2D eigenvalue weighted by atomic mass is 9.47. The molecule has 10 nitrogen and oxygen atoms in total. The van der Waals surface area contributed by atoms with Crippen molar-refractivity contribution >= 4 is 43.7 Å². The Bertz CT molecular complexity index is 1830. The van der Waals surface area contributed by atoms with Gasteiger partial charge in [-0.1, -0.05) is 26.4 Å². The lowest BCUT2D eigenvalue weighted by Crippen LogP contribution is -2.69. The molecule has 254 valence electrons. The molecule has 46 heavy (non-hydrogen) atoms. The maximum atomic E-state index is 14.6. The molecule has 3 heterocycles. The molecule has 3 aliphatic rings. The average molecular weight is 744 g/mol. The first-order valence-electron chi connectivity index (χ1n) is 14.7. The number of carbonyl (C=O) groups excluding carboxylic acids is 1. The lowest BCUT2D eigenvalue weighted by molar-refractivity contribution is -0.0713. The van der Waals surface area contributed by atoms with E-state index in [4.69, 9.17) is 4.74 Å². The second-order valence-corrected chi connectivity index (χ2v) is 16.5. The zero-order valence-corrected chi connectivity index (χ0v) is 27.6. The van der Waals surface area contributed by atoms with Crippen molar-refractivity contribution in [1.29, 1.82) is 0 Å². The van der Waals surface area contributed by atoms with Crippen LogP contribution in [0.1, 0.15) is 70.6 Å². The van der Waals surface area contributed by atoms with E-state index >= 15 is 0 Å². The van der Waals surface area contributed by atoms with Gasteiger partial charge in [0.15, 0.2) is 0 Å². The molecule has 0 radical (unpaired) electrons. The third-order valence-electron chi connectivity index (χ3n) is 9.27. The number of aliphatic hydroxyl groups excluding tert-OH is 1. The van der Waals surface area contributed by atoms with E-state index < -0.39 is 55.5 Å². The van der Waals surface area contributed by atoms with Crippen molar-refractivity contribution in [3.63, 3.8) is 0 Å².